The summed E-state index contributed by atoms with van der Waals surface area (Å²) >= 11 is 2.75. The first-order valence-electron chi connectivity index (χ1n) is 7.01. The number of hydrogen-bond acceptors (Lipinski definition) is 5. The zero-order valence-electron chi connectivity index (χ0n) is 12.4. The second-order valence-corrected chi connectivity index (χ2v) is 7.05. The molecule has 2 aromatic carbocycles. The van der Waals surface area contributed by atoms with Crippen molar-refractivity contribution in [3.63, 3.8) is 0 Å². The van der Waals surface area contributed by atoms with E-state index >= 15 is 0 Å². The molecule has 0 unspecified atom stereocenters. The molecule has 0 aliphatic heterocycles. The van der Waals surface area contributed by atoms with Gasteiger partial charge in [0, 0.05) is 9.60 Å². The standard InChI is InChI=1S/C17H14N2O2S2/c1-11-6-8-12(9-7-11)22-10-15(20)18-17-19-16(21)13-4-2-3-5-14(13)23-17/h2-9H,10H2,1H3,(H,18,19,20,21). The number of rotatable bonds is 4. The van der Waals surface area contributed by atoms with Crippen molar-refractivity contribution in [2.75, 3.05) is 11.1 Å². The molecule has 23 heavy (non-hydrogen) atoms. The number of thioether (sulfide) groups is 1. The Balaban J connectivity index is 1.68. The highest BCUT2D eigenvalue weighted by molar-refractivity contribution is 8.00. The highest BCUT2D eigenvalue weighted by Crippen LogP contribution is 2.22. The van der Waals surface area contributed by atoms with E-state index < -0.39 is 0 Å². The quantitative estimate of drug-likeness (QED) is 0.735. The van der Waals surface area contributed by atoms with Gasteiger partial charge in [-0.05, 0) is 31.2 Å². The van der Waals surface area contributed by atoms with Gasteiger partial charge in [0.1, 0.15) is 0 Å². The smallest absolute Gasteiger partial charge is 0.281 e. The summed E-state index contributed by atoms with van der Waals surface area (Å²) in [7, 11) is 0. The molecule has 1 N–H and O–H groups in total. The van der Waals surface area contributed by atoms with Gasteiger partial charge in [-0.3, -0.25) is 9.59 Å². The van der Waals surface area contributed by atoms with Crippen molar-refractivity contribution < 1.29 is 4.79 Å². The van der Waals surface area contributed by atoms with Crippen LogP contribution in [0.5, 0.6) is 0 Å². The number of fused-ring (bicyclic) bond motifs is 1. The van der Waals surface area contributed by atoms with Crippen molar-refractivity contribution in [1.29, 1.82) is 0 Å². The molecule has 0 bridgehead atoms. The minimum Gasteiger partial charge on any atom is -0.301 e. The predicted octanol–water partition coefficient (Wildman–Crippen LogP) is 3.70. The molecule has 0 atom stereocenters. The summed E-state index contributed by atoms with van der Waals surface area (Å²) in [6.45, 7) is 2.02. The lowest BCUT2D eigenvalue weighted by Crippen LogP contribution is -2.17. The van der Waals surface area contributed by atoms with Crippen LogP contribution in [0.4, 0.5) is 5.13 Å². The number of aromatic nitrogens is 1. The second-order valence-electron chi connectivity index (χ2n) is 4.97. The molecule has 6 heteroatoms. The minimum absolute atomic E-state index is 0.172. The first-order valence-corrected chi connectivity index (χ1v) is 8.81. The van der Waals surface area contributed by atoms with Gasteiger partial charge < -0.3 is 5.32 Å². The SMILES string of the molecule is Cc1ccc(SCC(=O)Nc2nc(=O)c3ccccc3s2)cc1. The summed E-state index contributed by atoms with van der Waals surface area (Å²) in [5, 5.41) is 3.61. The number of carbonyl (C=O) groups is 1. The van der Waals surface area contributed by atoms with Crippen molar-refractivity contribution >= 4 is 44.2 Å². The van der Waals surface area contributed by atoms with Crippen LogP contribution in [0.15, 0.2) is 58.2 Å². The number of anilines is 1. The maximum absolute atomic E-state index is 12.0. The highest BCUT2D eigenvalue weighted by atomic mass is 32.2. The number of nitrogens with one attached hydrogen (secondary N) is 1. The second kappa shape index (κ2) is 6.93. The van der Waals surface area contributed by atoms with Crippen LogP contribution >= 0.6 is 23.1 Å². The lowest BCUT2D eigenvalue weighted by molar-refractivity contribution is -0.113. The molecule has 0 fully saturated rings. The number of carbonyl (C=O) groups excluding carboxylic acids is 1. The fraction of sp³-hybridized carbons (Fsp3) is 0.118. The molecule has 0 aliphatic carbocycles. The number of aryl methyl sites for hydroxylation is 1. The van der Waals surface area contributed by atoms with Gasteiger partial charge in [-0.15, -0.1) is 11.8 Å². The average Bonchev–Trinajstić information content (AvgIpc) is 2.54. The Labute approximate surface area is 141 Å². The Kier molecular flexibility index (Phi) is 4.73. The van der Waals surface area contributed by atoms with Gasteiger partial charge in [-0.1, -0.05) is 41.2 Å². The molecule has 0 saturated carbocycles. The van der Waals surface area contributed by atoms with E-state index in [0.29, 0.717) is 10.5 Å². The fourth-order valence-corrected chi connectivity index (χ4v) is 3.62. The van der Waals surface area contributed by atoms with Crippen LogP contribution in [0.1, 0.15) is 5.56 Å². The van der Waals surface area contributed by atoms with E-state index in [9.17, 15) is 9.59 Å². The van der Waals surface area contributed by atoms with Crippen LogP contribution in [-0.2, 0) is 4.79 Å². The molecule has 4 nitrogen and oxygen atoms in total. The topological polar surface area (TPSA) is 59.1 Å². The van der Waals surface area contributed by atoms with Crippen molar-refractivity contribution in [2.24, 2.45) is 0 Å². The first kappa shape index (κ1) is 15.7. The lowest BCUT2D eigenvalue weighted by atomic mass is 10.2. The van der Waals surface area contributed by atoms with Gasteiger partial charge in [-0.25, -0.2) is 0 Å². The van der Waals surface area contributed by atoms with Crippen LogP contribution in [0.3, 0.4) is 0 Å². The van der Waals surface area contributed by atoms with Crippen LogP contribution in [0, 0.1) is 6.92 Å². The highest BCUT2D eigenvalue weighted by Gasteiger charge is 2.08. The molecule has 0 aliphatic rings. The third-order valence-corrected chi connectivity index (χ3v) is 5.14. The summed E-state index contributed by atoms with van der Waals surface area (Å²) in [6, 6.07) is 15.2. The number of amides is 1. The van der Waals surface area contributed by atoms with E-state index in [-0.39, 0.29) is 17.2 Å². The maximum Gasteiger partial charge on any atom is 0.281 e. The molecule has 1 heterocycles. The fourth-order valence-electron chi connectivity index (χ4n) is 2.00. The summed E-state index contributed by atoms with van der Waals surface area (Å²) in [5.74, 6) is 0.104. The summed E-state index contributed by atoms with van der Waals surface area (Å²) < 4.78 is 0.814. The number of benzene rings is 2. The van der Waals surface area contributed by atoms with E-state index in [1.54, 1.807) is 12.1 Å². The Hall–Kier alpha value is -2.18. The largest absolute Gasteiger partial charge is 0.301 e. The predicted molar refractivity (Wildman–Crippen MR) is 96.4 cm³/mol. The zero-order chi connectivity index (χ0) is 16.2. The molecule has 1 aromatic heterocycles. The minimum atomic E-state index is -0.319. The molecule has 3 aromatic rings. The molecule has 0 radical (unpaired) electrons. The lowest BCUT2D eigenvalue weighted by Gasteiger charge is -2.05. The molecule has 116 valence electrons. The third kappa shape index (κ3) is 3.97. The average molecular weight is 342 g/mol. The number of hydrogen-bond donors (Lipinski definition) is 1. The Morgan fingerprint density at radius 3 is 2.70 bits per heavy atom. The molecular formula is C17H14N2O2S2. The van der Waals surface area contributed by atoms with Crippen molar-refractivity contribution in [1.82, 2.24) is 4.98 Å². The molecular weight excluding hydrogens is 328 g/mol. The van der Waals surface area contributed by atoms with Crippen LogP contribution < -0.4 is 10.9 Å². The van der Waals surface area contributed by atoms with E-state index in [0.717, 1.165) is 9.60 Å². The summed E-state index contributed by atoms with van der Waals surface area (Å²) in [6.07, 6.45) is 0. The van der Waals surface area contributed by atoms with Crippen LogP contribution in [0.25, 0.3) is 10.1 Å². The summed E-state index contributed by atoms with van der Waals surface area (Å²) in [4.78, 5) is 28.9. The van der Waals surface area contributed by atoms with E-state index in [4.69, 9.17) is 0 Å². The molecule has 0 spiro atoms. The summed E-state index contributed by atoms with van der Waals surface area (Å²) in [5.41, 5.74) is 0.866. The number of nitrogens with zero attached hydrogens (tertiary/aromatic N) is 1. The Bertz CT molecular complexity index is 904. The van der Waals surface area contributed by atoms with Crippen molar-refractivity contribution in [3.8, 4) is 0 Å². The van der Waals surface area contributed by atoms with Gasteiger partial charge in [0.15, 0.2) is 5.13 Å². The van der Waals surface area contributed by atoms with Crippen LogP contribution in [-0.4, -0.2) is 16.6 Å². The monoisotopic (exact) mass is 342 g/mol. The Morgan fingerprint density at radius 1 is 1.17 bits per heavy atom. The molecule has 0 saturated heterocycles. The maximum atomic E-state index is 12.0. The van der Waals surface area contributed by atoms with Gasteiger partial charge >= 0.3 is 0 Å². The van der Waals surface area contributed by atoms with Gasteiger partial charge in [-0.2, -0.15) is 4.98 Å². The van der Waals surface area contributed by atoms with E-state index in [1.165, 1.54) is 28.7 Å². The first-order chi connectivity index (χ1) is 11.1. The van der Waals surface area contributed by atoms with Gasteiger partial charge in [0.25, 0.3) is 5.56 Å². The Morgan fingerprint density at radius 2 is 1.91 bits per heavy atom. The molecule has 3 rings (SSSR count). The van der Waals surface area contributed by atoms with Crippen molar-refractivity contribution in [3.05, 3.63) is 64.4 Å². The van der Waals surface area contributed by atoms with Crippen LogP contribution in [0.2, 0.25) is 0 Å². The molecule has 1 amide bonds. The van der Waals surface area contributed by atoms with Gasteiger partial charge in [0.2, 0.25) is 5.91 Å². The van der Waals surface area contributed by atoms with E-state index in [1.807, 2.05) is 43.3 Å². The van der Waals surface area contributed by atoms with Crippen molar-refractivity contribution in [2.45, 2.75) is 11.8 Å². The normalized spacial score (nSPS) is 10.7. The third-order valence-electron chi connectivity index (χ3n) is 3.16. The zero-order valence-corrected chi connectivity index (χ0v) is 14.0. The van der Waals surface area contributed by atoms with Gasteiger partial charge in [0.05, 0.1) is 11.1 Å². The van der Waals surface area contributed by atoms with E-state index in [2.05, 4.69) is 10.3 Å².